The fourth-order valence-corrected chi connectivity index (χ4v) is 3.05. The van der Waals surface area contributed by atoms with Gasteiger partial charge in [-0.3, -0.25) is 0 Å². The molecular weight excluding hydrogens is 239 g/mol. The Bertz CT molecular complexity index is 442. The van der Waals surface area contributed by atoms with E-state index < -0.39 is 0 Å². The van der Waals surface area contributed by atoms with Crippen molar-refractivity contribution in [2.75, 3.05) is 11.4 Å². The molecule has 0 radical (unpaired) electrons. The molecule has 1 heterocycles. The molecule has 1 aliphatic carbocycles. The van der Waals surface area contributed by atoms with Gasteiger partial charge in [-0.05, 0) is 55.9 Å². The van der Waals surface area contributed by atoms with Crippen LogP contribution < -0.4 is 10.2 Å². The van der Waals surface area contributed by atoms with Crippen molar-refractivity contribution in [2.24, 2.45) is 0 Å². The molecular formula is C16H23FN2. The molecule has 104 valence electrons. The molecule has 3 rings (SSSR count). The normalized spacial score (nSPS) is 23.1. The predicted octanol–water partition coefficient (Wildman–Crippen LogP) is 3.46. The summed E-state index contributed by atoms with van der Waals surface area (Å²) in [6.07, 6.45) is 6.15. The van der Waals surface area contributed by atoms with Gasteiger partial charge in [0.15, 0.2) is 0 Å². The lowest BCUT2D eigenvalue weighted by molar-refractivity contribution is 0.612. The van der Waals surface area contributed by atoms with E-state index >= 15 is 0 Å². The maximum atomic E-state index is 13.8. The van der Waals surface area contributed by atoms with E-state index in [1.807, 2.05) is 0 Å². The predicted molar refractivity (Wildman–Crippen MR) is 76.9 cm³/mol. The van der Waals surface area contributed by atoms with Gasteiger partial charge in [0.05, 0.1) is 0 Å². The van der Waals surface area contributed by atoms with E-state index in [0.29, 0.717) is 12.1 Å². The van der Waals surface area contributed by atoms with Crippen molar-refractivity contribution in [1.82, 2.24) is 5.32 Å². The van der Waals surface area contributed by atoms with Crippen LogP contribution in [-0.2, 0) is 6.54 Å². The minimum absolute atomic E-state index is 0.105. The summed E-state index contributed by atoms with van der Waals surface area (Å²) in [5.41, 5.74) is 2.14. The Balaban J connectivity index is 1.75. The highest BCUT2D eigenvalue weighted by molar-refractivity contribution is 5.51. The Hall–Kier alpha value is -1.09. The summed E-state index contributed by atoms with van der Waals surface area (Å²) in [4.78, 5) is 2.38. The third-order valence-electron chi connectivity index (χ3n) is 4.29. The zero-order valence-electron chi connectivity index (χ0n) is 11.7. The fraction of sp³-hybridized carbons (Fsp3) is 0.625. The Kier molecular flexibility index (Phi) is 3.74. The van der Waals surface area contributed by atoms with Crippen LogP contribution in [0.15, 0.2) is 18.2 Å². The number of hydrogen-bond donors (Lipinski definition) is 1. The summed E-state index contributed by atoms with van der Waals surface area (Å²) in [6.45, 7) is 4.08. The third kappa shape index (κ3) is 3.08. The Morgan fingerprint density at radius 1 is 1.26 bits per heavy atom. The van der Waals surface area contributed by atoms with Crippen LogP contribution in [-0.4, -0.2) is 18.6 Å². The molecule has 1 aliphatic heterocycles. The van der Waals surface area contributed by atoms with Crippen LogP contribution in [0.4, 0.5) is 10.1 Å². The first kappa shape index (κ1) is 12.9. The van der Waals surface area contributed by atoms with Crippen molar-refractivity contribution < 1.29 is 4.39 Å². The first-order valence-corrected chi connectivity index (χ1v) is 7.55. The van der Waals surface area contributed by atoms with Crippen molar-refractivity contribution in [3.63, 3.8) is 0 Å². The van der Waals surface area contributed by atoms with E-state index in [4.69, 9.17) is 0 Å². The molecule has 1 aromatic carbocycles. The first-order chi connectivity index (χ1) is 9.26. The molecule has 0 amide bonds. The lowest BCUT2D eigenvalue weighted by atomic mass is 10.1. The Morgan fingerprint density at radius 2 is 2.11 bits per heavy atom. The SMILES string of the molecule is CCC1CCCN1c1cc(F)cc(CNC2CC2)c1. The summed E-state index contributed by atoms with van der Waals surface area (Å²) in [7, 11) is 0. The summed E-state index contributed by atoms with van der Waals surface area (Å²) < 4.78 is 13.8. The maximum absolute atomic E-state index is 13.8. The van der Waals surface area contributed by atoms with Crippen LogP contribution in [0.2, 0.25) is 0 Å². The Morgan fingerprint density at radius 3 is 2.84 bits per heavy atom. The first-order valence-electron chi connectivity index (χ1n) is 7.55. The molecule has 3 heteroatoms. The summed E-state index contributed by atoms with van der Waals surface area (Å²) in [5, 5.41) is 3.46. The second kappa shape index (κ2) is 5.49. The highest BCUT2D eigenvalue weighted by atomic mass is 19.1. The van der Waals surface area contributed by atoms with Gasteiger partial charge >= 0.3 is 0 Å². The summed E-state index contributed by atoms with van der Waals surface area (Å²) in [5.74, 6) is -0.105. The van der Waals surface area contributed by atoms with Gasteiger partial charge in [0.2, 0.25) is 0 Å². The van der Waals surface area contributed by atoms with Crippen LogP contribution in [0.25, 0.3) is 0 Å². The van der Waals surface area contributed by atoms with Crippen molar-refractivity contribution >= 4 is 5.69 Å². The number of halogens is 1. The highest BCUT2D eigenvalue weighted by Gasteiger charge is 2.24. The van der Waals surface area contributed by atoms with Gasteiger partial charge in [0, 0.05) is 30.9 Å². The van der Waals surface area contributed by atoms with Gasteiger partial charge in [0.25, 0.3) is 0 Å². The van der Waals surface area contributed by atoms with Crippen molar-refractivity contribution in [3.8, 4) is 0 Å². The second-order valence-corrected chi connectivity index (χ2v) is 5.87. The average molecular weight is 262 g/mol. The van der Waals surface area contributed by atoms with Crippen LogP contribution in [0.1, 0.15) is 44.6 Å². The second-order valence-electron chi connectivity index (χ2n) is 5.87. The smallest absolute Gasteiger partial charge is 0.125 e. The van der Waals surface area contributed by atoms with Gasteiger partial charge in [-0.2, -0.15) is 0 Å². The minimum atomic E-state index is -0.105. The van der Waals surface area contributed by atoms with E-state index in [-0.39, 0.29) is 5.82 Å². The van der Waals surface area contributed by atoms with Crippen LogP contribution in [0.3, 0.4) is 0 Å². The van der Waals surface area contributed by atoms with Gasteiger partial charge in [0.1, 0.15) is 5.82 Å². The van der Waals surface area contributed by atoms with Gasteiger partial charge in [-0.1, -0.05) is 6.92 Å². The molecule has 1 unspecified atom stereocenters. The molecule has 0 spiro atoms. The lowest BCUT2D eigenvalue weighted by Gasteiger charge is -2.26. The monoisotopic (exact) mass is 262 g/mol. The van der Waals surface area contributed by atoms with Crippen LogP contribution in [0, 0.1) is 5.82 Å². The van der Waals surface area contributed by atoms with Gasteiger partial charge in [-0.15, -0.1) is 0 Å². The summed E-state index contributed by atoms with van der Waals surface area (Å²) >= 11 is 0. The standard InChI is InChI=1S/C16H23FN2/c1-2-15-4-3-7-19(15)16-9-12(8-13(17)10-16)11-18-14-5-6-14/h8-10,14-15,18H,2-7,11H2,1H3. The lowest BCUT2D eigenvalue weighted by Crippen LogP contribution is -2.28. The average Bonchev–Trinajstić information content (AvgIpc) is 3.11. The topological polar surface area (TPSA) is 15.3 Å². The number of nitrogens with zero attached hydrogens (tertiary/aromatic N) is 1. The van der Waals surface area contributed by atoms with E-state index in [9.17, 15) is 4.39 Å². The van der Waals surface area contributed by atoms with Crippen LogP contribution >= 0.6 is 0 Å². The molecule has 0 aromatic heterocycles. The van der Waals surface area contributed by atoms with E-state index in [2.05, 4.69) is 23.2 Å². The molecule has 2 nitrogen and oxygen atoms in total. The van der Waals surface area contributed by atoms with Gasteiger partial charge in [-0.25, -0.2) is 4.39 Å². The molecule has 0 bridgehead atoms. The van der Waals surface area contributed by atoms with Crippen molar-refractivity contribution in [3.05, 3.63) is 29.6 Å². The molecule has 1 aromatic rings. The molecule has 19 heavy (non-hydrogen) atoms. The van der Waals surface area contributed by atoms with E-state index in [1.165, 1.54) is 25.7 Å². The largest absolute Gasteiger partial charge is 0.368 e. The quantitative estimate of drug-likeness (QED) is 0.874. The number of benzene rings is 1. The van der Waals surface area contributed by atoms with Crippen molar-refractivity contribution in [1.29, 1.82) is 0 Å². The molecule has 2 fully saturated rings. The number of hydrogen-bond acceptors (Lipinski definition) is 2. The maximum Gasteiger partial charge on any atom is 0.125 e. The molecule has 1 saturated carbocycles. The molecule has 1 N–H and O–H groups in total. The van der Waals surface area contributed by atoms with Crippen LogP contribution in [0.5, 0.6) is 0 Å². The van der Waals surface area contributed by atoms with E-state index in [1.54, 1.807) is 12.1 Å². The molecule has 1 atom stereocenters. The van der Waals surface area contributed by atoms with Crippen molar-refractivity contribution in [2.45, 2.75) is 57.7 Å². The van der Waals surface area contributed by atoms with Gasteiger partial charge < -0.3 is 10.2 Å². The number of rotatable bonds is 5. The zero-order chi connectivity index (χ0) is 13.2. The minimum Gasteiger partial charge on any atom is -0.368 e. The third-order valence-corrected chi connectivity index (χ3v) is 4.29. The zero-order valence-corrected chi connectivity index (χ0v) is 11.7. The number of anilines is 1. The number of nitrogens with one attached hydrogen (secondary N) is 1. The van der Waals surface area contributed by atoms with E-state index in [0.717, 1.165) is 30.8 Å². The molecule has 1 saturated heterocycles. The highest BCUT2D eigenvalue weighted by Crippen LogP contribution is 2.29. The summed E-state index contributed by atoms with van der Waals surface area (Å²) in [6, 6.07) is 6.77. The molecule has 2 aliphatic rings. The Labute approximate surface area is 115 Å². The fourth-order valence-electron chi connectivity index (χ4n) is 3.05.